The van der Waals surface area contributed by atoms with Crippen LogP contribution < -0.4 is 0 Å². The molecule has 2 aliphatic carbocycles. The topological polar surface area (TPSA) is 34.1 Å². The van der Waals surface area contributed by atoms with E-state index in [4.69, 9.17) is 11.6 Å². The molecule has 3 rings (SSSR count). The van der Waals surface area contributed by atoms with E-state index in [1.54, 1.807) is 6.08 Å². The van der Waals surface area contributed by atoms with E-state index in [1.165, 1.54) is 0 Å². The molecule has 0 unspecified atom stereocenters. The number of Topliss-reactive ketones (excluding diaryl/α,β-unsaturated/α-hetero) is 1. The van der Waals surface area contributed by atoms with E-state index in [1.807, 2.05) is 30.3 Å². The summed E-state index contributed by atoms with van der Waals surface area (Å²) in [5, 5.41) is 0.703. The minimum absolute atomic E-state index is 0.0707. The molecule has 3 atom stereocenters. The largest absolute Gasteiger partial charge is 0.299 e. The Morgan fingerprint density at radius 1 is 1.00 bits per heavy atom. The molecule has 0 heterocycles. The van der Waals surface area contributed by atoms with Crippen LogP contribution in [0.2, 0.25) is 5.02 Å². The first-order valence-electron chi connectivity index (χ1n) is 6.14. The van der Waals surface area contributed by atoms with Gasteiger partial charge >= 0.3 is 0 Å². The Morgan fingerprint density at radius 3 is 2.44 bits per heavy atom. The highest BCUT2D eigenvalue weighted by molar-refractivity contribution is 6.30. The first kappa shape index (κ1) is 11.7. The van der Waals surface area contributed by atoms with Crippen LogP contribution in [0.4, 0.5) is 0 Å². The predicted molar refractivity (Wildman–Crippen MR) is 69.6 cm³/mol. The Morgan fingerprint density at radius 2 is 1.72 bits per heavy atom. The van der Waals surface area contributed by atoms with Gasteiger partial charge in [-0.3, -0.25) is 9.59 Å². The second kappa shape index (κ2) is 4.36. The summed E-state index contributed by atoms with van der Waals surface area (Å²) in [6, 6.07) is 7.67. The van der Waals surface area contributed by atoms with E-state index in [2.05, 4.69) is 0 Å². The zero-order valence-corrected chi connectivity index (χ0v) is 10.6. The van der Waals surface area contributed by atoms with Crippen LogP contribution in [0.25, 0.3) is 0 Å². The molecule has 0 radical (unpaired) electrons. The normalized spacial score (nSPS) is 30.6. The molecular weight excluding hydrogens is 248 g/mol. The minimum atomic E-state index is -0.108. The van der Waals surface area contributed by atoms with Crippen molar-refractivity contribution in [2.24, 2.45) is 11.8 Å². The molecule has 18 heavy (non-hydrogen) atoms. The van der Waals surface area contributed by atoms with Crippen LogP contribution in [0.5, 0.6) is 0 Å². The maximum atomic E-state index is 12.0. The average Bonchev–Trinajstić information content (AvgIpc) is 2.68. The second-order valence-corrected chi connectivity index (χ2v) is 5.48. The van der Waals surface area contributed by atoms with E-state index in [0.717, 1.165) is 5.56 Å². The van der Waals surface area contributed by atoms with Crippen molar-refractivity contribution in [3.8, 4) is 0 Å². The number of carbonyl (C=O) groups is 2. The fourth-order valence-electron chi connectivity index (χ4n) is 3.07. The van der Waals surface area contributed by atoms with Gasteiger partial charge < -0.3 is 0 Å². The summed E-state index contributed by atoms with van der Waals surface area (Å²) in [6.07, 6.45) is 4.46. The average molecular weight is 261 g/mol. The first-order valence-corrected chi connectivity index (χ1v) is 6.52. The number of hydrogen-bond acceptors (Lipinski definition) is 2. The van der Waals surface area contributed by atoms with Crippen molar-refractivity contribution in [3.05, 3.63) is 47.0 Å². The predicted octanol–water partition coefficient (Wildman–Crippen LogP) is 3.16. The second-order valence-electron chi connectivity index (χ2n) is 5.04. The van der Waals surface area contributed by atoms with Gasteiger partial charge in [0.05, 0.1) is 0 Å². The number of ketones is 2. The van der Waals surface area contributed by atoms with Gasteiger partial charge in [-0.2, -0.15) is 0 Å². The summed E-state index contributed by atoms with van der Waals surface area (Å²) in [5.41, 5.74) is 1.14. The summed E-state index contributed by atoms with van der Waals surface area (Å²) in [7, 11) is 0. The zero-order valence-electron chi connectivity index (χ0n) is 9.80. The lowest BCUT2D eigenvalue weighted by Gasteiger charge is -2.23. The standard InChI is InChI=1S/C15H13ClO2/c16-10-3-1-9(2-4-10)13-8-15(18)14-7-11(17)5-6-12(13)14/h1-6,12-14H,7-8H2/t12-,13-,14-/m1/s1. The van der Waals surface area contributed by atoms with Crippen molar-refractivity contribution in [3.63, 3.8) is 0 Å². The molecule has 0 spiro atoms. The minimum Gasteiger partial charge on any atom is -0.299 e. The summed E-state index contributed by atoms with van der Waals surface area (Å²) < 4.78 is 0. The number of halogens is 1. The van der Waals surface area contributed by atoms with E-state index in [-0.39, 0.29) is 29.3 Å². The molecule has 0 amide bonds. The third kappa shape index (κ3) is 1.91. The van der Waals surface area contributed by atoms with Crippen LogP contribution in [-0.2, 0) is 9.59 Å². The van der Waals surface area contributed by atoms with Crippen molar-refractivity contribution < 1.29 is 9.59 Å². The summed E-state index contributed by atoms with van der Waals surface area (Å²) >= 11 is 5.88. The Balaban J connectivity index is 1.94. The van der Waals surface area contributed by atoms with Crippen molar-refractivity contribution >= 4 is 23.2 Å². The van der Waals surface area contributed by atoms with Gasteiger partial charge in [0.1, 0.15) is 5.78 Å². The molecule has 0 N–H and O–H groups in total. The molecule has 0 bridgehead atoms. The fraction of sp³-hybridized carbons (Fsp3) is 0.333. The van der Waals surface area contributed by atoms with Crippen LogP contribution in [0.15, 0.2) is 36.4 Å². The summed E-state index contributed by atoms with van der Waals surface area (Å²) in [6.45, 7) is 0. The molecule has 1 aromatic carbocycles. The maximum Gasteiger partial charge on any atom is 0.156 e. The molecule has 2 aliphatic rings. The van der Waals surface area contributed by atoms with E-state index < -0.39 is 0 Å². The summed E-state index contributed by atoms with van der Waals surface area (Å²) in [5.74, 6) is 0.558. The number of fused-ring (bicyclic) bond motifs is 1. The molecule has 0 aromatic heterocycles. The lowest BCUT2D eigenvalue weighted by Crippen LogP contribution is -2.22. The van der Waals surface area contributed by atoms with Gasteiger partial charge in [0.2, 0.25) is 0 Å². The van der Waals surface area contributed by atoms with Crippen LogP contribution in [0, 0.1) is 11.8 Å². The highest BCUT2D eigenvalue weighted by Gasteiger charge is 2.43. The van der Waals surface area contributed by atoms with E-state index >= 15 is 0 Å². The van der Waals surface area contributed by atoms with Crippen LogP contribution >= 0.6 is 11.6 Å². The first-order chi connectivity index (χ1) is 8.65. The molecule has 3 heteroatoms. The molecule has 0 aliphatic heterocycles. The molecule has 1 saturated carbocycles. The Hall–Kier alpha value is -1.41. The molecule has 1 fully saturated rings. The van der Waals surface area contributed by atoms with Gasteiger partial charge in [-0.25, -0.2) is 0 Å². The fourth-order valence-corrected chi connectivity index (χ4v) is 3.20. The smallest absolute Gasteiger partial charge is 0.156 e. The van der Waals surface area contributed by atoms with Crippen LogP contribution in [0.3, 0.4) is 0 Å². The molecular formula is C15H13ClO2. The van der Waals surface area contributed by atoms with Gasteiger partial charge in [-0.15, -0.1) is 0 Å². The van der Waals surface area contributed by atoms with Crippen molar-refractivity contribution in [1.82, 2.24) is 0 Å². The number of allylic oxidation sites excluding steroid dienone is 2. The third-order valence-corrected chi connectivity index (χ3v) is 4.24. The number of benzene rings is 1. The number of rotatable bonds is 1. The molecule has 1 aromatic rings. The quantitative estimate of drug-likeness (QED) is 0.777. The van der Waals surface area contributed by atoms with Gasteiger partial charge in [0.25, 0.3) is 0 Å². The van der Waals surface area contributed by atoms with Crippen molar-refractivity contribution in [1.29, 1.82) is 0 Å². The van der Waals surface area contributed by atoms with E-state index in [0.29, 0.717) is 17.9 Å². The molecule has 92 valence electrons. The Bertz CT molecular complexity index is 530. The van der Waals surface area contributed by atoms with Gasteiger partial charge in [-0.1, -0.05) is 29.8 Å². The van der Waals surface area contributed by atoms with Gasteiger partial charge in [0.15, 0.2) is 5.78 Å². The lowest BCUT2D eigenvalue weighted by molar-refractivity contribution is -0.125. The monoisotopic (exact) mass is 260 g/mol. The highest BCUT2D eigenvalue weighted by Crippen LogP contribution is 2.45. The van der Waals surface area contributed by atoms with E-state index in [9.17, 15) is 9.59 Å². The SMILES string of the molecule is O=C1C=C[C@@H]2[C@@H](c3ccc(Cl)cc3)CC(=O)[C@@H]2C1. The summed E-state index contributed by atoms with van der Waals surface area (Å²) in [4.78, 5) is 23.4. The van der Waals surface area contributed by atoms with Crippen LogP contribution in [0.1, 0.15) is 24.3 Å². The maximum absolute atomic E-state index is 12.0. The molecule has 0 saturated heterocycles. The van der Waals surface area contributed by atoms with Crippen molar-refractivity contribution in [2.45, 2.75) is 18.8 Å². The number of carbonyl (C=O) groups excluding carboxylic acids is 2. The zero-order chi connectivity index (χ0) is 12.7. The van der Waals surface area contributed by atoms with Crippen LogP contribution in [-0.4, -0.2) is 11.6 Å². The third-order valence-electron chi connectivity index (χ3n) is 3.99. The van der Waals surface area contributed by atoms with Gasteiger partial charge in [-0.05, 0) is 35.6 Å². The Kier molecular flexibility index (Phi) is 2.83. The van der Waals surface area contributed by atoms with Crippen molar-refractivity contribution in [2.75, 3.05) is 0 Å². The lowest BCUT2D eigenvalue weighted by atomic mass is 9.79. The van der Waals surface area contributed by atoms with Gasteiger partial charge in [0, 0.05) is 23.8 Å². The molecule has 2 nitrogen and oxygen atoms in total. The highest BCUT2D eigenvalue weighted by atomic mass is 35.5. The Labute approximate surface area is 111 Å². The number of hydrogen-bond donors (Lipinski definition) is 0.